The molecule has 0 aliphatic carbocycles. The van der Waals surface area contributed by atoms with E-state index >= 15 is 0 Å². The molecule has 0 saturated carbocycles. The van der Waals surface area contributed by atoms with E-state index in [1.165, 1.54) is 25.7 Å². The van der Waals surface area contributed by atoms with Gasteiger partial charge in [0, 0.05) is 6.42 Å². The SMILES string of the molecule is CCCCC/C=C\C/C=C\C/C=C\C/C=C\CCCC(=O)OC1COB(c2ccccc2)OC1. The van der Waals surface area contributed by atoms with E-state index in [2.05, 4.69) is 55.5 Å². The smallest absolute Gasteiger partial charge is 0.458 e. The molecule has 184 valence electrons. The molecule has 0 amide bonds. The topological polar surface area (TPSA) is 44.8 Å². The summed E-state index contributed by atoms with van der Waals surface area (Å²) in [5.74, 6) is -0.189. The predicted octanol–water partition coefficient (Wildman–Crippen LogP) is 6.49. The molecule has 1 heterocycles. The summed E-state index contributed by atoms with van der Waals surface area (Å²) >= 11 is 0. The minimum absolute atomic E-state index is 0.189. The highest BCUT2D eigenvalue weighted by atomic mass is 16.6. The number of esters is 1. The lowest BCUT2D eigenvalue weighted by atomic mass is 9.78. The van der Waals surface area contributed by atoms with Crippen LogP contribution in [0.4, 0.5) is 0 Å². The van der Waals surface area contributed by atoms with E-state index in [0.29, 0.717) is 19.6 Å². The third-order valence-electron chi connectivity index (χ3n) is 5.45. The van der Waals surface area contributed by atoms with Crippen LogP contribution in [0.1, 0.15) is 71.1 Å². The van der Waals surface area contributed by atoms with Gasteiger partial charge in [-0.05, 0) is 50.4 Å². The molecule has 0 unspecified atom stereocenters. The Morgan fingerprint density at radius 1 is 0.853 bits per heavy atom. The van der Waals surface area contributed by atoms with Gasteiger partial charge in [0.05, 0.1) is 13.2 Å². The van der Waals surface area contributed by atoms with Crippen molar-refractivity contribution in [3.8, 4) is 0 Å². The summed E-state index contributed by atoms with van der Waals surface area (Å²) in [6.07, 6.45) is 27.4. The predicted molar refractivity (Wildman–Crippen MR) is 142 cm³/mol. The molecule has 4 nitrogen and oxygen atoms in total. The second kappa shape index (κ2) is 19.0. The summed E-state index contributed by atoms with van der Waals surface area (Å²) in [5.41, 5.74) is 0.978. The van der Waals surface area contributed by atoms with E-state index in [9.17, 15) is 4.79 Å². The van der Waals surface area contributed by atoms with Gasteiger partial charge in [0.1, 0.15) is 6.10 Å². The van der Waals surface area contributed by atoms with E-state index in [4.69, 9.17) is 14.0 Å². The fourth-order valence-electron chi connectivity index (χ4n) is 3.53. The number of carbonyl (C=O) groups excluding carboxylic acids is 1. The standard InChI is InChI=1S/C29H41BO4/c1-2-3-4-5-6-7-8-9-10-11-12-13-14-15-16-17-21-24-29(31)34-28-25-32-30(33-26-28)27-22-19-18-20-23-27/h6-7,9-10,12-13,15-16,18-20,22-23,28H,2-5,8,11,14,17,21,24-26H2,1H3/b7-6-,10-9-,13-12-,16-15-. The van der Waals surface area contributed by atoms with Crippen molar-refractivity contribution in [1.82, 2.24) is 0 Å². The van der Waals surface area contributed by atoms with Crippen molar-refractivity contribution in [1.29, 1.82) is 0 Å². The maximum absolute atomic E-state index is 12.0. The molecule has 2 rings (SSSR count). The monoisotopic (exact) mass is 464 g/mol. The zero-order valence-electron chi connectivity index (χ0n) is 20.8. The van der Waals surface area contributed by atoms with Gasteiger partial charge >= 0.3 is 13.1 Å². The van der Waals surface area contributed by atoms with Crippen molar-refractivity contribution in [2.45, 2.75) is 77.2 Å². The van der Waals surface area contributed by atoms with Crippen LogP contribution in [0.3, 0.4) is 0 Å². The van der Waals surface area contributed by atoms with Crippen LogP contribution in [0.15, 0.2) is 78.9 Å². The van der Waals surface area contributed by atoms with Crippen LogP contribution in [0, 0.1) is 0 Å². The van der Waals surface area contributed by atoms with E-state index in [0.717, 1.165) is 37.6 Å². The lowest BCUT2D eigenvalue weighted by Gasteiger charge is -2.27. The van der Waals surface area contributed by atoms with Crippen LogP contribution in [0.25, 0.3) is 0 Å². The quantitative estimate of drug-likeness (QED) is 0.121. The van der Waals surface area contributed by atoms with Crippen LogP contribution in [-0.4, -0.2) is 32.4 Å². The van der Waals surface area contributed by atoms with Gasteiger partial charge in [0.25, 0.3) is 0 Å². The Labute approximate surface area is 206 Å². The molecule has 34 heavy (non-hydrogen) atoms. The molecule has 1 aliphatic heterocycles. The number of benzene rings is 1. The number of carbonyl (C=O) groups is 1. The Morgan fingerprint density at radius 2 is 1.41 bits per heavy atom. The highest BCUT2D eigenvalue weighted by Gasteiger charge is 2.30. The van der Waals surface area contributed by atoms with Gasteiger partial charge in [-0.2, -0.15) is 0 Å². The van der Waals surface area contributed by atoms with E-state index in [1.54, 1.807) is 0 Å². The third kappa shape index (κ3) is 13.4. The third-order valence-corrected chi connectivity index (χ3v) is 5.45. The highest BCUT2D eigenvalue weighted by Crippen LogP contribution is 2.09. The van der Waals surface area contributed by atoms with Gasteiger partial charge in [0.15, 0.2) is 0 Å². The van der Waals surface area contributed by atoms with Crippen LogP contribution >= 0.6 is 0 Å². The summed E-state index contributed by atoms with van der Waals surface area (Å²) < 4.78 is 16.9. The van der Waals surface area contributed by atoms with Crippen molar-refractivity contribution in [2.24, 2.45) is 0 Å². The molecular formula is C29H41BO4. The zero-order chi connectivity index (χ0) is 24.1. The first-order chi connectivity index (χ1) is 16.8. The molecule has 1 aliphatic rings. The van der Waals surface area contributed by atoms with Gasteiger partial charge in [-0.25, -0.2) is 0 Å². The van der Waals surface area contributed by atoms with Gasteiger partial charge in [-0.15, -0.1) is 0 Å². The molecule has 1 aromatic rings. The lowest BCUT2D eigenvalue weighted by Crippen LogP contribution is -2.47. The van der Waals surface area contributed by atoms with Crippen LogP contribution < -0.4 is 5.46 Å². The van der Waals surface area contributed by atoms with Crippen LogP contribution in [0.2, 0.25) is 0 Å². The number of ether oxygens (including phenoxy) is 1. The lowest BCUT2D eigenvalue weighted by molar-refractivity contribution is -0.155. The Bertz CT molecular complexity index is 762. The largest absolute Gasteiger partial charge is 0.494 e. The summed E-state index contributed by atoms with van der Waals surface area (Å²) in [5, 5.41) is 0. The molecule has 0 radical (unpaired) electrons. The Balaban J connectivity index is 1.43. The van der Waals surface area contributed by atoms with Crippen molar-refractivity contribution in [3.63, 3.8) is 0 Å². The van der Waals surface area contributed by atoms with Gasteiger partial charge in [0.2, 0.25) is 0 Å². The molecule has 0 atom stereocenters. The second-order valence-corrected chi connectivity index (χ2v) is 8.50. The van der Waals surface area contributed by atoms with Crippen LogP contribution in [-0.2, 0) is 18.8 Å². The number of unbranched alkanes of at least 4 members (excludes halogenated alkanes) is 4. The maximum atomic E-state index is 12.0. The maximum Gasteiger partial charge on any atom is 0.494 e. The molecule has 0 N–H and O–H groups in total. The van der Waals surface area contributed by atoms with E-state index in [-0.39, 0.29) is 19.2 Å². The number of rotatable bonds is 16. The van der Waals surface area contributed by atoms with Crippen molar-refractivity contribution in [3.05, 3.63) is 78.9 Å². The molecule has 5 heteroatoms. The Kier molecular flexibility index (Phi) is 15.6. The summed E-state index contributed by atoms with van der Waals surface area (Å²) in [4.78, 5) is 12.0. The summed E-state index contributed by atoms with van der Waals surface area (Å²) in [6.45, 7) is 2.96. The van der Waals surface area contributed by atoms with Crippen LogP contribution in [0.5, 0.6) is 0 Å². The minimum Gasteiger partial charge on any atom is -0.458 e. The van der Waals surface area contributed by atoms with E-state index < -0.39 is 0 Å². The van der Waals surface area contributed by atoms with Crippen molar-refractivity contribution < 1.29 is 18.8 Å². The molecule has 0 spiro atoms. The van der Waals surface area contributed by atoms with Crippen molar-refractivity contribution in [2.75, 3.05) is 13.2 Å². The van der Waals surface area contributed by atoms with Crippen molar-refractivity contribution >= 4 is 18.6 Å². The van der Waals surface area contributed by atoms with E-state index in [1.807, 2.05) is 30.3 Å². The first kappa shape index (κ1) is 27.9. The fraction of sp³-hybridized carbons (Fsp3) is 0.483. The zero-order valence-corrected chi connectivity index (χ0v) is 20.8. The average Bonchev–Trinajstić information content (AvgIpc) is 2.87. The first-order valence-electron chi connectivity index (χ1n) is 12.9. The molecule has 0 bridgehead atoms. The van der Waals surface area contributed by atoms with Gasteiger partial charge in [-0.3, -0.25) is 4.79 Å². The molecular weight excluding hydrogens is 423 g/mol. The molecule has 1 saturated heterocycles. The number of allylic oxidation sites excluding steroid dienone is 8. The Hall–Kier alpha value is -2.37. The highest BCUT2D eigenvalue weighted by molar-refractivity contribution is 6.61. The normalized spacial score (nSPS) is 15.4. The minimum atomic E-state index is -0.381. The summed E-state index contributed by atoms with van der Waals surface area (Å²) in [6, 6.07) is 9.79. The average molecular weight is 464 g/mol. The molecule has 1 aromatic carbocycles. The van der Waals surface area contributed by atoms with Gasteiger partial charge < -0.3 is 14.0 Å². The Morgan fingerprint density at radius 3 is 2.00 bits per heavy atom. The second-order valence-electron chi connectivity index (χ2n) is 8.50. The number of hydrogen-bond acceptors (Lipinski definition) is 4. The summed E-state index contributed by atoms with van der Waals surface area (Å²) in [7, 11) is -0.381. The molecule has 0 aromatic heterocycles. The fourth-order valence-corrected chi connectivity index (χ4v) is 3.53. The van der Waals surface area contributed by atoms with Gasteiger partial charge in [-0.1, -0.05) is 98.7 Å². The number of hydrogen-bond donors (Lipinski definition) is 0. The first-order valence-corrected chi connectivity index (χ1v) is 12.9. The molecule has 1 fully saturated rings.